The number of aryl methyl sites for hydroxylation is 1. The number of rotatable bonds is 10. The minimum Gasteiger partial charge on any atom is -0.430 e. The van der Waals surface area contributed by atoms with Gasteiger partial charge in [0.05, 0.1) is 17.4 Å². The average molecular weight is 516 g/mol. The van der Waals surface area contributed by atoms with Crippen molar-refractivity contribution in [1.82, 2.24) is 4.31 Å². The van der Waals surface area contributed by atoms with Gasteiger partial charge in [-0.1, -0.05) is 91.7 Å². The predicted molar refractivity (Wildman–Crippen MR) is 146 cm³/mol. The van der Waals surface area contributed by atoms with Gasteiger partial charge in [-0.3, -0.25) is 9.10 Å². The number of benzene rings is 3. The molecule has 0 spiro atoms. The number of esters is 1. The molecule has 3 aromatic carbocycles. The van der Waals surface area contributed by atoms with Gasteiger partial charge < -0.3 is 4.74 Å². The summed E-state index contributed by atoms with van der Waals surface area (Å²) in [4.78, 5) is 12.3. The lowest BCUT2D eigenvalue weighted by Gasteiger charge is -2.32. The van der Waals surface area contributed by atoms with Crippen molar-refractivity contribution < 1.29 is 17.9 Å². The van der Waals surface area contributed by atoms with Crippen molar-refractivity contribution in [2.45, 2.75) is 57.4 Å². The number of hydrogen-bond acceptors (Lipinski definition) is 4. The first-order valence-corrected chi connectivity index (χ1v) is 14.1. The van der Waals surface area contributed by atoms with E-state index in [9.17, 15) is 13.2 Å². The summed E-state index contributed by atoms with van der Waals surface area (Å²) in [6.07, 6.45) is 4.38. The largest absolute Gasteiger partial charge is 0.430 e. The van der Waals surface area contributed by atoms with Crippen LogP contribution in [0.15, 0.2) is 113 Å². The van der Waals surface area contributed by atoms with Crippen LogP contribution in [-0.4, -0.2) is 18.7 Å². The van der Waals surface area contributed by atoms with E-state index in [4.69, 9.17) is 4.74 Å². The van der Waals surface area contributed by atoms with Gasteiger partial charge in [0, 0.05) is 12.6 Å². The molecule has 0 fully saturated rings. The second-order valence-electron chi connectivity index (χ2n) is 9.31. The fraction of sp³-hybridized carbons (Fsp3) is 0.258. The van der Waals surface area contributed by atoms with Gasteiger partial charge >= 0.3 is 5.97 Å². The Kier molecular flexibility index (Phi) is 8.29. The Morgan fingerprint density at radius 1 is 0.919 bits per heavy atom. The molecular formula is C31H33NO4S. The van der Waals surface area contributed by atoms with Gasteiger partial charge in [-0.2, -0.15) is 0 Å². The lowest BCUT2D eigenvalue weighted by Crippen LogP contribution is -2.33. The van der Waals surface area contributed by atoms with Crippen molar-refractivity contribution in [1.29, 1.82) is 0 Å². The maximum absolute atomic E-state index is 14.3. The highest BCUT2D eigenvalue weighted by atomic mass is 32.2. The summed E-state index contributed by atoms with van der Waals surface area (Å²) in [5, 5.41) is 0. The molecule has 0 N–H and O–H groups in total. The third-order valence-electron chi connectivity index (χ3n) is 6.44. The number of ether oxygens (including phenoxy) is 1. The molecule has 0 bridgehead atoms. The molecule has 0 radical (unpaired) electrons. The molecule has 6 heteroatoms. The third-order valence-corrected chi connectivity index (χ3v) is 8.22. The summed E-state index contributed by atoms with van der Waals surface area (Å²) in [6, 6.07) is 26.2. The zero-order chi connectivity index (χ0) is 26.4. The fourth-order valence-corrected chi connectivity index (χ4v) is 6.16. The Morgan fingerprint density at radius 3 is 2.14 bits per heavy atom. The smallest absolute Gasteiger partial charge is 0.307 e. The fourth-order valence-electron chi connectivity index (χ4n) is 4.63. The molecule has 0 aliphatic heterocycles. The number of carbonyl (C=O) groups is 1. The Balaban J connectivity index is 1.93. The molecule has 4 rings (SSSR count). The second kappa shape index (κ2) is 11.6. The highest BCUT2D eigenvalue weighted by Crippen LogP contribution is 2.46. The number of sulfonamides is 1. The number of allylic oxidation sites excluding steroid dienone is 2. The first-order valence-electron chi connectivity index (χ1n) is 12.6. The normalized spacial score (nSPS) is 15.4. The van der Waals surface area contributed by atoms with Gasteiger partial charge in [-0.15, -0.1) is 0 Å². The van der Waals surface area contributed by atoms with Crippen molar-refractivity contribution >= 4 is 16.0 Å². The Hall–Kier alpha value is -3.64. The van der Waals surface area contributed by atoms with Crippen LogP contribution in [0.1, 0.15) is 55.7 Å². The maximum Gasteiger partial charge on any atom is 0.307 e. The summed E-state index contributed by atoms with van der Waals surface area (Å²) in [5.74, 6) is -0.503. The summed E-state index contributed by atoms with van der Waals surface area (Å²) >= 11 is 0. The number of carbonyl (C=O) groups excluding carboxylic acids is 1. The van der Waals surface area contributed by atoms with E-state index in [1.165, 1.54) is 11.2 Å². The number of unbranched alkanes of at least 4 members (excludes halogenated alkanes) is 1. The van der Waals surface area contributed by atoms with Crippen molar-refractivity contribution in [2.75, 3.05) is 0 Å². The van der Waals surface area contributed by atoms with Crippen LogP contribution in [0.3, 0.4) is 0 Å². The van der Waals surface area contributed by atoms with E-state index < -0.39 is 21.9 Å². The van der Waals surface area contributed by atoms with Crippen molar-refractivity contribution in [3.05, 3.63) is 125 Å². The lowest BCUT2D eigenvalue weighted by atomic mass is 9.95. The van der Waals surface area contributed by atoms with Crippen LogP contribution in [0.25, 0.3) is 0 Å². The second-order valence-corrected chi connectivity index (χ2v) is 11.2. The highest BCUT2D eigenvalue weighted by molar-refractivity contribution is 7.89. The Bertz CT molecular complexity index is 1390. The van der Waals surface area contributed by atoms with Gasteiger partial charge in [0.15, 0.2) is 0 Å². The van der Waals surface area contributed by atoms with Crippen molar-refractivity contribution in [3.63, 3.8) is 0 Å². The molecule has 0 saturated carbocycles. The van der Waals surface area contributed by atoms with Crippen LogP contribution in [0.5, 0.6) is 0 Å². The molecule has 0 aromatic heterocycles. The summed E-state index contributed by atoms with van der Waals surface area (Å²) in [7, 11) is -3.95. The average Bonchev–Trinajstić information content (AvgIpc) is 3.23. The molecule has 0 amide bonds. The van der Waals surface area contributed by atoms with E-state index in [0.29, 0.717) is 17.9 Å². The molecule has 37 heavy (non-hydrogen) atoms. The molecule has 0 heterocycles. The summed E-state index contributed by atoms with van der Waals surface area (Å²) in [6.45, 7) is 5.57. The third kappa shape index (κ3) is 6.03. The molecule has 5 nitrogen and oxygen atoms in total. The monoisotopic (exact) mass is 515 g/mol. The first-order chi connectivity index (χ1) is 17.8. The van der Waals surface area contributed by atoms with Crippen LogP contribution < -0.4 is 0 Å². The van der Waals surface area contributed by atoms with E-state index in [-0.39, 0.29) is 11.4 Å². The van der Waals surface area contributed by atoms with E-state index in [1.54, 1.807) is 12.1 Å². The number of hydrogen-bond donors (Lipinski definition) is 0. The minimum atomic E-state index is -3.95. The molecule has 0 saturated heterocycles. The minimum absolute atomic E-state index is 0.159. The molecule has 192 valence electrons. The topological polar surface area (TPSA) is 63.7 Å². The number of nitrogens with zero attached hydrogens (tertiary/aromatic N) is 1. The predicted octanol–water partition coefficient (Wildman–Crippen LogP) is 6.87. The Morgan fingerprint density at radius 2 is 1.54 bits per heavy atom. The molecular weight excluding hydrogens is 482 g/mol. The maximum atomic E-state index is 14.3. The summed E-state index contributed by atoms with van der Waals surface area (Å²) in [5.41, 5.74) is 4.24. The van der Waals surface area contributed by atoms with Crippen LogP contribution >= 0.6 is 0 Å². The van der Waals surface area contributed by atoms with E-state index in [2.05, 4.69) is 6.92 Å². The van der Waals surface area contributed by atoms with Crippen LogP contribution in [0, 0.1) is 6.92 Å². The molecule has 1 atom stereocenters. The van der Waals surface area contributed by atoms with Crippen LogP contribution in [-0.2, 0) is 26.1 Å². The van der Waals surface area contributed by atoms with Gasteiger partial charge in [0.1, 0.15) is 5.76 Å². The van der Waals surface area contributed by atoms with E-state index >= 15 is 0 Å². The quantitative estimate of drug-likeness (QED) is 0.276. The van der Waals surface area contributed by atoms with Crippen LogP contribution in [0.4, 0.5) is 0 Å². The zero-order valence-electron chi connectivity index (χ0n) is 21.6. The van der Waals surface area contributed by atoms with E-state index in [1.807, 2.05) is 85.8 Å². The molecule has 1 aliphatic carbocycles. The van der Waals surface area contributed by atoms with Crippen molar-refractivity contribution in [3.8, 4) is 0 Å². The van der Waals surface area contributed by atoms with Gasteiger partial charge in [0.2, 0.25) is 0 Å². The standard InChI is InChI=1S/C31H33NO4S/c1-4-5-14-27-21-29(36-24(3)33)30(26-15-10-7-11-16-26)31(27)32(22-25-12-8-6-9-13-25)37(34,35)28-19-17-23(2)18-20-28/h6-13,15-21,30H,4-5,14,22H2,1-3H3. The first kappa shape index (κ1) is 26.4. The molecule has 3 aromatic rings. The SMILES string of the molecule is CCCCC1=C(N(Cc2ccccc2)S(=O)(=O)c2ccc(C)cc2)C(c2ccccc2)C(OC(C)=O)=C1. The van der Waals surface area contributed by atoms with Crippen LogP contribution in [0.2, 0.25) is 0 Å². The highest BCUT2D eigenvalue weighted by Gasteiger charge is 2.39. The van der Waals surface area contributed by atoms with Gasteiger partial charge in [0.25, 0.3) is 10.0 Å². The van der Waals surface area contributed by atoms with Crippen molar-refractivity contribution in [2.24, 2.45) is 0 Å². The molecule has 1 aliphatic rings. The molecule has 1 unspecified atom stereocenters. The summed E-state index contributed by atoms with van der Waals surface area (Å²) < 4.78 is 35.9. The zero-order valence-corrected chi connectivity index (χ0v) is 22.4. The van der Waals surface area contributed by atoms with Gasteiger partial charge in [-0.25, -0.2) is 8.42 Å². The lowest BCUT2D eigenvalue weighted by molar-refractivity contribution is -0.137. The van der Waals surface area contributed by atoms with Gasteiger partial charge in [-0.05, 0) is 54.7 Å². The van der Waals surface area contributed by atoms with E-state index in [0.717, 1.165) is 35.1 Å². The Labute approximate surface area is 220 Å².